The van der Waals surface area contributed by atoms with Gasteiger partial charge in [0.25, 0.3) is 5.91 Å². The van der Waals surface area contributed by atoms with Crippen molar-refractivity contribution < 1.29 is 14.0 Å². The second kappa shape index (κ2) is 7.59. The van der Waals surface area contributed by atoms with Crippen molar-refractivity contribution in [3.05, 3.63) is 83.8 Å². The molecule has 4 rings (SSSR count). The third-order valence-corrected chi connectivity index (χ3v) is 5.52. The molecule has 5 heteroatoms. The van der Waals surface area contributed by atoms with Crippen LogP contribution in [0, 0.1) is 6.92 Å². The van der Waals surface area contributed by atoms with Crippen molar-refractivity contribution in [1.29, 1.82) is 0 Å². The fraction of sp³-hybridized carbons (Fsp3) is 0.250. The number of carbonyl (C=O) groups is 2. The van der Waals surface area contributed by atoms with Gasteiger partial charge in [0.05, 0.1) is 12.3 Å². The Morgan fingerprint density at radius 1 is 1.03 bits per heavy atom. The summed E-state index contributed by atoms with van der Waals surface area (Å²) in [5, 5.41) is 0. The average molecular weight is 388 g/mol. The lowest BCUT2D eigenvalue weighted by Crippen LogP contribution is -2.47. The SMILES string of the molecule is CC(=O)N(c1ccccc1)[C@@H]1C[C@H](C)N(C(=O)c2occc2C)c2ccccc21. The van der Waals surface area contributed by atoms with E-state index in [1.54, 1.807) is 24.2 Å². The molecule has 0 aliphatic carbocycles. The largest absolute Gasteiger partial charge is 0.459 e. The third-order valence-electron chi connectivity index (χ3n) is 5.52. The number of carbonyl (C=O) groups excluding carboxylic acids is 2. The van der Waals surface area contributed by atoms with E-state index in [1.165, 1.54) is 0 Å². The van der Waals surface area contributed by atoms with Crippen LogP contribution in [0.15, 0.2) is 71.3 Å². The maximum Gasteiger partial charge on any atom is 0.294 e. The number of aryl methyl sites for hydroxylation is 1. The predicted molar refractivity (Wildman–Crippen MR) is 113 cm³/mol. The molecule has 0 radical (unpaired) electrons. The Bertz CT molecular complexity index is 1040. The minimum Gasteiger partial charge on any atom is -0.459 e. The Hall–Kier alpha value is -3.34. The van der Waals surface area contributed by atoms with Crippen LogP contribution in [0.3, 0.4) is 0 Å². The number of nitrogens with zero attached hydrogens (tertiary/aromatic N) is 2. The molecule has 1 aromatic heterocycles. The summed E-state index contributed by atoms with van der Waals surface area (Å²) in [5.74, 6) is 0.182. The summed E-state index contributed by atoms with van der Waals surface area (Å²) in [6, 6.07) is 19.0. The van der Waals surface area contributed by atoms with Crippen molar-refractivity contribution in [2.45, 2.75) is 39.3 Å². The van der Waals surface area contributed by atoms with Crippen LogP contribution in [0.4, 0.5) is 11.4 Å². The van der Waals surface area contributed by atoms with Gasteiger partial charge in [-0.1, -0.05) is 36.4 Å². The van der Waals surface area contributed by atoms with Crippen LogP contribution >= 0.6 is 0 Å². The summed E-state index contributed by atoms with van der Waals surface area (Å²) in [6.45, 7) is 5.47. The van der Waals surface area contributed by atoms with E-state index in [2.05, 4.69) is 0 Å². The fourth-order valence-corrected chi connectivity index (χ4v) is 4.21. The van der Waals surface area contributed by atoms with E-state index in [0.29, 0.717) is 12.2 Å². The monoisotopic (exact) mass is 388 g/mol. The van der Waals surface area contributed by atoms with Crippen LogP contribution in [-0.2, 0) is 4.79 Å². The number of hydrogen-bond donors (Lipinski definition) is 0. The molecule has 0 saturated carbocycles. The van der Waals surface area contributed by atoms with E-state index >= 15 is 0 Å². The summed E-state index contributed by atoms with van der Waals surface area (Å²) in [6.07, 6.45) is 2.18. The van der Waals surface area contributed by atoms with Gasteiger partial charge in [0.2, 0.25) is 5.91 Å². The summed E-state index contributed by atoms with van der Waals surface area (Å²) < 4.78 is 5.47. The minimum atomic E-state index is -0.153. The van der Waals surface area contributed by atoms with E-state index in [4.69, 9.17) is 4.42 Å². The molecule has 2 aromatic carbocycles. The molecule has 0 fully saturated rings. The molecule has 29 heavy (non-hydrogen) atoms. The normalized spacial score (nSPS) is 18.2. The highest BCUT2D eigenvalue weighted by atomic mass is 16.3. The Morgan fingerprint density at radius 3 is 2.38 bits per heavy atom. The Kier molecular flexibility index (Phi) is 4.97. The van der Waals surface area contributed by atoms with E-state index in [0.717, 1.165) is 22.5 Å². The molecule has 2 atom stereocenters. The topological polar surface area (TPSA) is 53.8 Å². The molecule has 1 aliphatic heterocycles. The van der Waals surface area contributed by atoms with Gasteiger partial charge < -0.3 is 14.2 Å². The number of furan rings is 1. The second-order valence-electron chi connectivity index (χ2n) is 7.49. The van der Waals surface area contributed by atoms with Crippen LogP contribution in [0.1, 0.15) is 48.0 Å². The molecule has 5 nitrogen and oxygen atoms in total. The molecular weight excluding hydrogens is 364 g/mol. The van der Waals surface area contributed by atoms with Gasteiger partial charge in [-0.3, -0.25) is 9.59 Å². The van der Waals surface area contributed by atoms with Crippen LogP contribution < -0.4 is 9.80 Å². The van der Waals surface area contributed by atoms with Gasteiger partial charge in [0.15, 0.2) is 5.76 Å². The van der Waals surface area contributed by atoms with Gasteiger partial charge in [0.1, 0.15) is 0 Å². The molecule has 0 saturated heterocycles. The lowest BCUT2D eigenvalue weighted by Gasteiger charge is -2.43. The van der Waals surface area contributed by atoms with Gasteiger partial charge in [0, 0.05) is 29.9 Å². The first-order valence-electron chi connectivity index (χ1n) is 9.80. The highest BCUT2D eigenvalue weighted by Gasteiger charge is 2.38. The van der Waals surface area contributed by atoms with Gasteiger partial charge >= 0.3 is 0 Å². The smallest absolute Gasteiger partial charge is 0.294 e. The highest BCUT2D eigenvalue weighted by Crippen LogP contribution is 2.42. The maximum atomic E-state index is 13.3. The number of para-hydroxylation sites is 2. The molecule has 148 valence electrons. The molecule has 3 aromatic rings. The zero-order valence-corrected chi connectivity index (χ0v) is 16.8. The van der Waals surface area contributed by atoms with E-state index in [1.807, 2.05) is 73.3 Å². The second-order valence-corrected chi connectivity index (χ2v) is 7.49. The zero-order valence-electron chi connectivity index (χ0n) is 16.8. The van der Waals surface area contributed by atoms with Crippen LogP contribution in [-0.4, -0.2) is 17.9 Å². The maximum absolute atomic E-state index is 13.3. The number of amides is 2. The lowest BCUT2D eigenvalue weighted by molar-refractivity contribution is -0.117. The molecule has 0 bridgehead atoms. The number of rotatable bonds is 3. The van der Waals surface area contributed by atoms with Crippen molar-refractivity contribution in [3.8, 4) is 0 Å². The zero-order chi connectivity index (χ0) is 20.5. The van der Waals surface area contributed by atoms with Gasteiger partial charge in [-0.15, -0.1) is 0 Å². The molecular formula is C24H24N2O3. The Morgan fingerprint density at radius 2 is 1.72 bits per heavy atom. The number of benzene rings is 2. The molecule has 0 unspecified atom stereocenters. The Balaban J connectivity index is 1.80. The van der Waals surface area contributed by atoms with Crippen molar-refractivity contribution in [1.82, 2.24) is 0 Å². The van der Waals surface area contributed by atoms with Crippen molar-refractivity contribution >= 4 is 23.2 Å². The van der Waals surface area contributed by atoms with E-state index < -0.39 is 0 Å². The summed E-state index contributed by atoms with van der Waals surface area (Å²) in [4.78, 5) is 29.5. The number of anilines is 2. The number of hydrogen-bond acceptors (Lipinski definition) is 3. The lowest BCUT2D eigenvalue weighted by atomic mass is 9.89. The summed E-state index contributed by atoms with van der Waals surface area (Å²) >= 11 is 0. The van der Waals surface area contributed by atoms with E-state index in [9.17, 15) is 9.59 Å². The molecule has 1 aliphatic rings. The highest BCUT2D eigenvalue weighted by molar-refractivity contribution is 6.06. The third kappa shape index (κ3) is 3.33. The average Bonchev–Trinajstić information content (AvgIpc) is 3.14. The molecule has 2 amide bonds. The van der Waals surface area contributed by atoms with Crippen LogP contribution in [0.5, 0.6) is 0 Å². The first kappa shape index (κ1) is 19.0. The quantitative estimate of drug-likeness (QED) is 0.626. The standard InChI is InChI=1S/C24H24N2O3/c1-16-13-14-29-23(16)24(28)25-17(2)15-22(20-11-7-8-12-21(20)25)26(18(3)27)19-9-5-4-6-10-19/h4-14,17,22H,15H2,1-3H3/t17-,22+/m0/s1. The first-order chi connectivity index (χ1) is 14.0. The van der Waals surface area contributed by atoms with Gasteiger partial charge in [-0.05, 0) is 50.1 Å². The first-order valence-corrected chi connectivity index (χ1v) is 9.80. The minimum absolute atomic E-state index is 0.0233. The summed E-state index contributed by atoms with van der Waals surface area (Å²) in [7, 11) is 0. The van der Waals surface area contributed by atoms with E-state index in [-0.39, 0.29) is 23.9 Å². The fourth-order valence-electron chi connectivity index (χ4n) is 4.21. The number of fused-ring (bicyclic) bond motifs is 1. The summed E-state index contributed by atoms with van der Waals surface area (Å²) in [5.41, 5.74) is 3.45. The molecule has 0 spiro atoms. The van der Waals surface area contributed by atoms with Crippen molar-refractivity contribution in [2.75, 3.05) is 9.80 Å². The van der Waals surface area contributed by atoms with Gasteiger partial charge in [-0.2, -0.15) is 0 Å². The predicted octanol–water partition coefficient (Wildman–Crippen LogP) is 5.12. The van der Waals surface area contributed by atoms with Crippen LogP contribution in [0.2, 0.25) is 0 Å². The van der Waals surface area contributed by atoms with Crippen molar-refractivity contribution in [2.24, 2.45) is 0 Å². The van der Waals surface area contributed by atoms with Crippen molar-refractivity contribution in [3.63, 3.8) is 0 Å². The Labute approximate surface area is 170 Å². The van der Waals surface area contributed by atoms with Crippen LogP contribution in [0.25, 0.3) is 0 Å². The van der Waals surface area contributed by atoms with Gasteiger partial charge in [-0.25, -0.2) is 0 Å². The molecule has 0 N–H and O–H groups in total. The molecule has 2 heterocycles.